The molecule has 2 aliphatic heterocycles. The molecule has 11 heteroatoms. The summed E-state index contributed by atoms with van der Waals surface area (Å²) in [6, 6.07) is 5.03. The molecule has 1 unspecified atom stereocenters. The smallest absolute Gasteiger partial charge is 0.414 e. The number of morpholine rings is 1. The number of nitrogens with two attached hydrogens (primary N) is 1. The van der Waals surface area contributed by atoms with Gasteiger partial charge in [-0.25, -0.2) is 4.79 Å². The topological polar surface area (TPSA) is 114 Å². The largest absolute Gasteiger partial charge is 0.442 e. The van der Waals surface area contributed by atoms with E-state index < -0.39 is 12.2 Å². The van der Waals surface area contributed by atoms with Crippen LogP contribution in [0.1, 0.15) is 6.42 Å². The standard InChI is InChI=1S/C21H21ClN4O5S/c22-12-1-4-18(32)15(7-12)20(28)24-9-14-10-26(21(29)31-14)13-2-3-17(16(23)8-13)25-5-6-30-11-19(25)27/h1-3,7-8,14H,4-6,9-11,23H2,(H,24,28). The molecule has 0 spiro atoms. The molecule has 2 heterocycles. The number of nitrogens with zero attached hydrogens (tertiary/aromatic N) is 2. The van der Waals surface area contributed by atoms with Crippen molar-refractivity contribution in [2.24, 2.45) is 0 Å². The minimum atomic E-state index is -0.544. The minimum Gasteiger partial charge on any atom is -0.442 e. The number of thiocarbonyl (C=S) groups is 1. The number of nitrogen functional groups attached to an aromatic ring is 1. The number of ether oxygens (including phenoxy) is 2. The molecule has 4 rings (SSSR count). The fourth-order valence-electron chi connectivity index (χ4n) is 3.64. The number of nitrogens with one attached hydrogen (secondary N) is 1. The van der Waals surface area contributed by atoms with E-state index >= 15 is 0 Å². The maximum Gasteiger partial charge on any atom is 0.414 e. The third-order valence-corrected chi connectivity index (χ3v) is 5.92. The highest BCUT2D eigenvalue weighted by atomic mass is 35.5. The fraction of sp³-hybridized carbons (Fsp3) is 0.333. The Kier molecular flexibility index (Phi) is 6.45. The van der Waals surface area contributed by atoms with Gasteiger partial charge in [-0.1, -0.05) is 29.9 Å². The molecule has 0 radical (unpaired) electrons. The summed E-state index contributed by atoms with van der Waals surface area (Å²) in [6.07, 6.45) is 2.62. The van der Waals surface area contributed by atoms with Crippen molar-refractivity contribution in [1.29, 1.82) is 0 Å². The van der Waals surface area contributed by atoms with Crippen LogP contribution in [0.3, 0.4) is 0 Å². The van der Waals surface area contributed by atoms with Gasteiger partial charge in [0.2, 0.25) is 0 Å². The van der Waals surface area contributed by atoms with Crippen LogP contribution in [0.2, 0.25) is 0 Å². The van der Waals surface area contributed by atoms with Gasteiger partial charge < -0.3 is 25.4 Å². The number of hydrogen-bond donors (Lipinski definition) is 2. The zero-order valence-corrected chi connectivity index (χ0v) is 18.6. The summed E-state index contributed by atoms with van der Waals surface area (Å²) >= 11 is 11.2. The third-order valence-electron chi connectivity index (χ3n) is 5.27. The summed E-state index contributed by atoms with van der Waals surface area (Å²) in [5.41, 5.74) is 7.98. The Labute approximate surface area is 194 Å². The Morgan fingerprint density at radius 2 is 2.12 bits per heavy atom. The van der Waals surface area contributed by atoms with E-state index in [9.17, 15) is 14.4 Å². The molecule has 1 aliphatic carbocycles. The number of amides is 3. The maximum atomic E-state index is 12.4. The maximum absolute atomic E-state index is 12.4. The highest BCUT2D eigenvalue weighted by Crippen LogP contribution is 2.31. The molecule has 3 amide bonds. The number of benzene rings is 1. The molecule has 168 valence electrons. The first kappa shape index (κ1) is 22.3. The highest BCUT2D eigenvalue weighted by Gasteiger charge is 2.33. The van der Waals surface area contributed by atoms with Gasteiger partial charge in [0, 0.05) is 28.5 Å². The number of anilines is 3. The SMILES string of the molecule is Nc1cc(N2CC(CNC(=O)C3=CC(Cl)=CCC3=S)OC2=O)ccc1N1CCOCC1=O. The first-order valence-electron chi connectivity index (χ1n) is 9.98. The van der Waals surface area contributed by atoms with Crippen molar-refractivity contribution in [1.82, 2.24) is 5.32 Å². The van der Waals surface area contributed by atoms with E-state index in [1.165, 1.54) is 11.0 Å². The van der Waals surface area contributed by atoms with Crippen molar-refractivity contribution in [3.05, 3.63) is 41.0 Å². The quantitative estimate of drug-likeness (QED) is 0.492. The van der Waals surface area contributed by atoms with E-state index in [4.69, 9.17) is 39.0 Å². The Hall–Kier alpha value is -2.95. The van der Waals surface area contributed by atoms with Crippen LogP contribution < -0.4 is 20.9 Å². The van der Waals surface area contributed by atoms with E-state index in [1.54, 1.807) is 29.2 Å². The molecule has 1 atom stereocenters. The minimum absolute atomic E-state index is 0.0111. The Morgan fingerprint density at radius 1 is 1.31 bits per heavy atom. The predicted molar refractivity (Wildman–Crippen MR) is 124 cm³/mol. The summed E-state index contributed by atoms with van der Waals surface area (Å²) in [5, 5.41) is 3.20. The van der Waals surface area contributed by atoms with E-state index in [1.807, 2.05) is 0 Å². The number of halogens is 1. The van der Waals surface area contributed by atoms with Crippen molar-refractivity contribution in [2.45, 2.75) is 12.5 Å². The van der Waals surface area contributed by atoms with Crippen molar-refractivity contribution in [3.63, 3.8) is 0 Å². The van der Waals surface area contributed by atoms with Crippen molar-refractivity contribution >= 4 is 63.7 Å². The lowest BCUT2D eigenvalue weighted by atomic mass is 10.0. The second-order valence-electron chi connectivity index (χ2n) is 7.44. The summed E-state index contributed by atoms with van der Waals surface area (Å²) in [6.45, 7) is 1.22. The average Bonchev–Trinajstić information content (AvgIpc) is 3.15. The number of cyclic esters (lactones) is 1. The fourth-order valence-corrected chi connectivity index (χ4v) is 4.06. The van der Waals surface area contributed by atoms with Gasteiger partial charge in [-0.2, -0.15) is 0 Å². The average molecular weight is 477 g/mol. The first-order valence-corrected chi connectivity index (χ1v) is 10.8. The molecule has 0 aromatic heterocycles. The number of carbonyl (C=O) groups is 3. The second-order valence-corrected chi connectivity index (χ2v) is 8.37. The Balaban J connectivity index is 1.39. The molecular weight excluding hydrogens is 456 g/mol. The lowest BCUT2D eigenvalue weighted by molar-refractivity contribution is -0.125. The van der Waals surface area contributed by atoms with Gasteiger partial charge in [0.05, 0.1) is 36.6 Å². The van der Waals surface area contributed by atoms with Crippen LogP contribution in [0.5, 0.6) is 0 Å². The first-order chi connectivity index (χ1) is 15.3. The molecule has 3 aliphatic rings. The van der Waals surface area contributed by atoms with Gasteiger partial charge in [0.25, 0.3) is 11.8 Å². The molecule has 0 saturated carbocycles. The van der Waals surface area contributed by atoms with Crippen LogP contribution in [0.15, 0.2) is 41.0 Å². The summed E-state index contributed by atoms with van der Waals surface area (Å²) < 4.78 is 10.5. The predicted octanol–water partition coefficient (Wildman–Crippen LogP) is 1.90. The molecule has 3 N–H and O–H groups in total. The van der Waals surface area contributed by atoms with Gasteiger partial charge in [0.15, 0.2) is 0 Å². The Bertz CT molecular complexity index is 1060. The van der Waals surface area contributed by atoms with E-state index in [-0.39, 0.29) is 31.5 Å². The normalized spacial score (nSPS) is 21.3. The van der Waals surface area contributed by atoms with Gasteiger partial charge in [-0.05, 0) is 24.3 Å². The van der Waals surface area contributed by atoms with Crippen molar-refractivity contribution in [2.75, 3.05) is 48.4 Å². The zero-order chi connectivity index (χ0) is 22.8. The van der Waals surface area contributed by atoms with Crippen LogP contribution in [0.25, 0.3) is 0 Å². The number of hydrogen-bond acceptors (Lipinski definition) is 7. The van der Waals surface area contributed by atoms with Gasteiger partial charge in [-0.15, -0.1) is 0 Å². The van der Waals surface area contributed by atoms with Crippen molar-refractivity contribution in [3.8, 4) is 0 Å². The van der Waals surface area contributed by atoms with Crippen molar-refractivity contribution < 1.29 is 23.9 Å². The van der Waals surface area contributed by atoms with E-state index in [0.29, 0.717) is 52.1 Å². The van der Waals surface area contributed by atoms with Gasteiger partial charge in [-0.3, -0.25) is 14.5 Å². The number of carbonyl (C=O) groups excluding carboxylic acids is 3. The summed E-state index contributed by atoms with van der Waals surface area (Å²) in [7, 11) is 0. The summed E-state index contributed by atoms with van der Waals surface area (Å²) in [4.78, 5) is 40.4. The third kappa shape index (κ3) is 4.62. The van der Waals surface area contributed by atoms with Crippen LogP contribution in [-0.2, 0) is 19.1 Å². The van der Waals surface area contributed by atoms with Crippen LogP contribution >= 0.6 is 23.8 Å². The van der Waals surface area contributed by atoms with Crippen LogP contribution in [-0.4, -0.2) is 61.7 Å². The van der Waals surface area contributed by atoms with Gasteiger partial charge in [0.1, 0.15) is 12.7 Å². The Morgan fingerprint density at radius 3 is 2.88 bits per heavy atom. The van der Waals surface area contributed by atoms with Gasteiger partial charge >= 0.3 is 6.09 Å². The van der Waals surface area contributed by atoms with Crippen LogP contribution in [0, 0.1) is 0 Å². The molecule has 0 bridgehead atoms. The molecule has 9 nitrogen and oxygen atoms in total. The molecule has 1 aromatic carbocycles. The monoisotopic (exact) mass is 476 g/mol. The zero-order valence-electron chi connectivity index (χ0n) is 17.0. The van der Waals surface area contributed by atoms with E-state index in [0.717, 1.165) is 0 Å². The lowest BCUT2D eigenvalue weighted by Crippen LogP contribution is -2.42. The second kappa shape index (κ2) is 9.27. The number of rotatable bonds is 5. The van der Waals surface area contributed by atoms with E-state index in [2.05, 4.69) is 5.32 Å². The molecule has 2 fully saturated rings. The molecule has 32 heavy (non-hydrogen) atoms. The summed E-state index contributed by atoms with van der Waals surface area (Å²) in [5.74, 6) is -0.532. The highest BCUT2D eigenvalue weighted by molar-refractivity contribution is 7.81. The number of allylic oxidation sites excluding steroid dienone is 3. The molecule has 2 saturated heterocycles. The lowest BCUT2D eigenvalue weighted by Gasteiger charge is -2.28. The molecular formula is C21H21ClN4O5S. The van der Waals surface area contributed by atoms with Crippen LogP contribution in [0.4, 0.5) is 21.9 Å². The molecule has 1 aromatic rings.